The van der Waals surface area contributed by atoms with Gasteiger partial charge in [0.2, 0.25) is 5.91 Å². The van der Waals surface area contributed by atoms with Crippen molar-refractivity contribution in [1.82, 2.24) is 5.32 Å². The number of amides is 1. The molecule has 0 spiro atoms. The highest BCUT2D eigenvalue weighted by molar-refractivity contribution is 6.42. The van der Waals surface area contributed by atoms with Gasteiger partial charge >= 0.3 is 0 Å². The third-order valence-electron chi connectivity index (χ3n) is 4.40. The number of nitrogens with one attached hydrogen (secondary N) is 1. The topological polar surface area (TPSA) is 29.1 Å². The predicted molar refractivity (Wildman–Crippen MR) is 84.3 cm³/mol. The Kier molecular flexibility index (Phi) is 5.34. The molecule has 0 aromatic heterocycles. The molecule has 1 aliphatic rings. The summed E-state index contributed by atoms with van der Waals surface area (Å²) in [5.41, 5.74) is 0.897. The molecule has 1 aromatic rings. The van der Waals surface area contributed by atoms with Crippen LogP contribution in [-0.2, 0) is 11.2 Å². The highest BCUT2D eigenvalue weighted by Gasteiger charge is 2.27. The first kappa shape index (κ1) is 15.7. The summed E-state index contributed by atoms with van der Waals surface area (Å²) in [6, 6.07) is 5.64. The maximum Gasteiger partial charge on any atom is 0.224 e. The van der Waals surface area contributed by atoms with Crippen molar-refractivity contribution in [3.63, 3.8) is 0 Å². The van der Waals surface area contributed by atoms with Gasteiger partial charge in [0, 0.05) is 6.04 Å². The molecule has 20 heavy (non-hydrogen) atoms. The molecular weight excluding hydrogens is 293 g/mol. The summed E-state index contributed by atoms with van der Waals surface area (Å²) >= 11 is 11.8. The lowest BCUT2D eigenvalue weighted by Crippen LogP contribution is -2.44. The second-order valence-corrected chi connectivity index (χ2v) is 6.68. The Balaban J connectivity index is 1.93. The Morgan fingerprint density at radius 1 is 1.25 bits per heavy atom. The van der Waals surface area contributed by atoms with Gasteiger partial charge in [-0.25, -0.2) is 0 Å². The number of carbonyl (C=O) groups excluding carboxylic acids is 1. The minimum absolute atomic E-state index is 0.0642. The van der Waals surface area contributed by atoms with Crippen molar-refractivity contribution in [2.24, 2.45) is 11.8 Å². The van der Waals surface area contributed by atoms with E-state index >= 15 is 0 Å². The summed E-state index contributed by atoms with van der Waals surface area (Å²) in [6.45, 7) is 4.50. The Morgan fingerprint density at radius 3 is 2.70 bits per heavy atom. The highest BCUT2D eigenvalue weighted by atomic mass is 35.5. The van der Waals surface area contributed by atoms with E-state index in [2.05, 4.69) is 19.2 Å². The van der Waals surface area contributed by atoms with Gasteiger partial charge in [-0.1, -0.05) is 56.0 Å². The minimum atomic E-state index is 0.0642. The number of halogens is 2. The summed E-state index contributed by atoms with van der Waals surface area (Å²) in [7, 11) is 0. The summed E-state index contributed by atoms with van der Waals surface area (Å²) in [6.07, 6.45) is 3.90. The SMILES string of the molecule is C[C@@H]1[C@@H](C)CCC[C@H]1NC(=O)Cc1ccc(Cl)c(Cl)c1. The molecule has 1 aromatic carbocycles. The van der Waals surface area contributed by atoms with Gasteiger partial charge in [0.05, 0.1) is 16.5 Å². The van der Waals surface area contributed by atoms with E-state index in [-0.39, 0.29) is 5.91 Å². The molecule has 0 radical (unpaired) electrons. The second kappa shape index (κ2) is 6.82. The number of benzene rings is 1. The number of carbonyl (C=O) groups is 1. The van der Waals surface area contributed by atoms with E-state index in [1.165, 1.54) is 12.8 Å². The molecule has 2 rings (SSSR count). The van der Waals surface area contributed by atoms with E-state index in [1.807, 2.05) is 6.07 Å². The number of rotatable bonds is 3. The van der Waals surface area contributed by atoms with Crippen LogP contribution in [0.15, 0.2) is 18.2 Å². The first-order valence-corrected chi connectivity index (χ1v) is 7.96. The standard InChI is InChI=1S/C16H21Cl2NO/c1-10-4-3-5-15(11(10)2)19-16(20)9-12-6-7-13(17)14(18)8-12/h6-8,10-11,15H,3-5,9H2,1-2H3,(H,19,20)/t10-,11+,15+/m0/s1. The van der Waals surface area contributed by atoms with Crippen molar-refractivity contribution in [1.29, 1.82) is 0 Å². The van der Waals surface area contributed by atoms with Crippen molar-refractivity contribution < 1.29 is 4.79 Å². The van der Waals surface area contributed by atoms with Crippen molar-refractivity contribution in [3.8, 4) is 0 Å². The summed E-state index contributed by atoms with van der Waals surface area (Å²) in [5.74, 6) is 1.29. The average molecular weight is 314 g/mol. The van der Waals surface area contributed by atoms with Gasteiger partial charge in [-0.2, -0.15) is 0 Å². The van der Waals surface area contributed by atoms with Gasteiger partial charge in [-0.3, -0.25) is 4.79 Å². The average Bonchev–Trinajstić information content (AvgIpc) is 2.39. The van der Waals surface area contributed by atoms with Gasteiger partial charge in [-0.15, -0.1) is 0 Å². The molecule has 1 fully saturated rings. The Hall–Kier alpha value is -0.730. The van der Waals surface area contributed by atoms with Gasteiger partial charge in [0.1, 0.15) is 0 Å². The molecule has 1 N–H and O–H groups in total. The summed E-state index contributed by atoms with van der Waals surface area (Å²) in [4.78, 5) is 12.1. The molecule has 0 heterocycles. The molecular formula is C16H21Cl2NO. The van der Waals surface area contributed by atoms with E-state index in [1.54, 1.807) is 12.1 Å². The molecule has 1 aliphatic carbocycles. The van der Waals surface area contributed by atoms with Crippen LogP contribution < -0.4 is 5.32 Å². The highest BCUT2D eigenvalue weighted by Crippen LogP contribution is 2.29. The van der Waals surface area contributed by atoms with Crippen LogP contribution in [0.2, 0.25) is 10.0 Å². The zero-order chi connectivity index (χ0) is 14.7. The molecule has 0 bridgehead atoms. The molecule has 4 heteroatoms. The van der Waals surface area contributed by atoms with Crippen LogP contribution in [0, 0.1) is 11.8 Å². The van der Waals surface area contributed by atoms with E-state index < -0.39 is 0 Å². The van der Waals surface area contributed by atoms with E-state index in [4.69, 9.17) is 23.2 Å². The Labute approximate surface area is 130 Å². The van der Waals surface area contributed by atoms with Gasteiger partial charge < -0.3 is 5.32 Å². The summed E-state index contributed by atoms with van der Waals surface area (Å²) in [5, 5.41) is 4.18. The normalized spacial score (nSPS) is 26.3. The number of hydrogen-bond donors (Lipinski definition) is 1. The minimum Gasteiger partial charge on any atom is -0.353 e. The molecule has 1 amide bonds. The molecule has 0 saturated heterocycles. The molecule has 0 aliphatic heterocycles. The Morgan fingerprint density at radius 2 is 2.00 bits per heavy atom. The van der Waals surface area contributed by atoms with Crippen molar-refractivity contribution in [2.75, 3.05) is 0 Å². The zero-order valence-corrected chi connectivity index (χ0v) is 13.5. The second-order valence-electron chi connectivity index (χ2n) is 5.87. The molecule has 3 atom stereocenters. The number of hydrogen-bond acceptors (Lipinski definition) is 1. The van der Waals surface area contributed by atoms with Crippen LogP contribution >= 0.6 is 23.2 Å². The quantitative estimate of drug-likeness (QED) is 0.876. The van der Waals surface area contributed by atoms with Crippen LogP contribution in [0.4, 0.5) is 0 Å². The van der Waals surface area contributed by atoms with Crippen LogP contribution in [0.5, 0.6) is 0 Å². The van der Waals surface area contributed by atoms with Crippen LogP contribution in [0.3, 0.4) is 0 Å². The smallest absolute Gasteiger partial charge is 0.224 e. The van der Waals surface area contributed by atoms with Gasteiger partial charge in [0.25, 0.3) is 0 Å². The molecule has 110 valence electrons. The lowest BCUT2D eigenvalue weighted by Gasteiger charge is -2.34. The predicted octanol–water partition coefficient (Wildman–Crippen LogP) is 4.48. The maximum absolute atomic E-state index is 12.1. The lowest BCUT2D eigenvalue weighted by molar-refractivity contribution is -0.121. The largest absolute Gasteiger partial charge is 0.353 e. The maximum atomic E-state index is 12.1. The Bertz CT molecular complexity index is 489. The fourth-order valence-electron chi connectivity index (χ4n) is 2.88. The van der Waals surface area contributed by atoms with Crippen molar-refractivity contribution in [3.05, 3.63) is 33.8 Å². The van der Waals surface area contributed by atoms with Crippen LogP contribution in [0.1, 0.15) is 38.7 Å². The van der Waals surface area contributed by atoms with Crippen molar-refractivity contribution >= 4 is 29.1 Å². The third-order valence-corrected chi connectivity index (χ3v) is 5.14. The molecule has 2 nitrogen and oxygen atoms in total. The van der Waals surface area contributed by atoms with Crippen LogP contribution in [0.25, 0.3) is 0 Å². The van der Waals surface area contributed by atoms with E-state index in [0.717, 1.165) is 12.0 Å². The molecule has 1 saturated carbocycles. The summed E-state index contributed by atoms with van der Waals surface area (Å²) < 4.78 is 0. The van der Waals surface area contributed by atoms with E-state index in [9.17, 15) is 4.79 Å². The monoisotopic (exact) mass is 313 g/mol. The first-order valence-electron chi connectivity index (χ1n) is 7.20. The fraction of sp³-hybridized carbons (Fsp3) is 0.562. The first-order chi connectivity index (χ1) is 9.47. The van der Waals surface area contributed by atoms with Crippen molar-refractivity contribution in [2.45, 2.75) is 45.6 Å². The third kappa shape index (κ3) is 3.89. The van der Waals surface area contributed by atoms with Crippen LogP contribution in [-0.4, -0.2) is 11.9 Å². The molecule has 0 unspecified atom stereocenters. The zero-order valence-electron chi connectivity index (χ0n) is 12.0. The van der Waals surface area contributed by atoms with Gasteiger partial charge in [-0.05, 0) is 36.0 Å². The lowest BCUT2D eigenvalue weighted by atomic mass is 9.78. The van der Waals surface area contributed by atoms with E-state index in [0.29, 0.717) is 34.3 Å². The fourth-order valence-corrected chi connectivity index (χ4v) is 3.20. The van der Waals surface area contributed by atoms with Gasteiger partial charge in [0.15, 0.2) is 0 Å².